The Morgan fingerprint density at radius 3 is 2.25 bits per heavy atom. The number of halogens is 1. The van der Waals surface area contributed by atoms with Crippen LogP contribution < -0.4 is 10.5 Å². The van der Waals surface area contributed by atoms with Crippen molar-refractivity contribution < 1.29 is 23.9 Å². The molecular formula is C17H14ClNO5. The fourth-order valence-electron chi connectivity index (χ4n) is 1.82. The summed E-state index contributed by atoms with van der Waals surface area (Å²) in [5.41, 5.74) is 5.50. The fraction of sp³-hybridized carbons (Fsp3) is 0.118. The van der Waals surface area contributed by atoms with E-state index in [0.717, 1.165) is 0 Å². The van der Waals surface area contributed by atoms with Crippen LogP contribution in [0.5, 0.6) is 5.75 Å². The predicted octanol–water partition coefficient (Wildman–Crippen LogP) is 2.24. The van der Waals surface area contributed by atoms with Gasteiger partial charge in [0.25, 0.3) is 5.91 Å². The van der Waals surface area contributed by atoms with Crippen molar-refractivity contribution in [1.29, 1.82) is 0 Å². The average Bonchev–Trinajstić information content (AvgIpc) is 2.58. The number of amides is 1. The molecule has 2 aromatic carbocycles. The maximum Gasteiger partial charge on any atom is 0.338 e. The van der Waals surface area contributed by atoms with E-state index in [1.807, 2.05) is 0 Å². The molecule has 0 aliphatic carbocycles. The van der Waals surface area contributed by atoms with Crippen molar-refractivity contribution in [2.75, 3.05) is 13.2 Å². The van der Waals surface area contributed by atoms with Crippen LogP contribution >= 0.6 is 11.6 Å². The van der Waals surface area contributed by atoms with E-state index in [4.69, 9.17) is 26.8 Å². The van der Waals surface area contributed by atoms with Gasteiger partial charge >= 0.3 is 5.97 Å². The first kappa shape index (κ1) is 17.5. The van der Waals surface area contributed by atoms with Crippen molar-refractivity contribution in [3.63, 3.8) is 0 Å². The predicted molar refractivity (Wildman–Crippen MR) is 87.2 cm³/mol. The number of rotatable bonds is 7. The van der Waals surface area contributed by atoms with Crippen LogP contribution in [0.25, 0.3) is 0 Å². The molecule has 0 aliphatic heterocycles. The van der Waals surface area contributed by atoms with Gasteiger partial charge in [-0.25, -0.2) is 4.79 Å². The molecular weight excluding hydrogens is 334 g/mol. The highest BCUT2D eigenvalue weighted by Crippen LogP contribution is 2.16. The number of hydrogen-bond donors (Lipinski definition) is 1. The van der Waals surface area contributed by atoms with Crippen molar-refractivity contribution in [3.05, 3.63) is 64.7 Å². The molecule has 0 heterocycles. The van der Waals surface area contributed by atoms with Crippen LogP contribution in [0.15, 0.2) is 48.5 Å². The zero-order valence-electron chi connectivity index (χ0n) is 12.5. The molecule has 7 heteroatoms. The molecule has 0 aliphatic rings. The first-order valence-corrected chi connectivity index (χ1v) is 7.31. The Bertz CT molecular complexity index is 758. The Morgan fingerprint density at radius 1 is 0.958 bits per heavy atom. The third-order valence-electron chi connectivity index (χ3n) is 2.98. The smallest absolute Gasteiger partial charge is 0.338 e. The fourth-order valence-corrected chi connectivity index (χ4v) is 2.06. The summed E-state index contributed by atoms with van der Waals surface area (Å²) in [6.07, 6.45) is 0. The van der Waals surface area contributed by atoms with Crippen LogP contribution in [-0.2, 0) is 9.53 Å². The molecule has 0 radical (unpaired) electrons. The van der Waals surface area contributed by atoms with E-state index in [1.165, 1.54) is 24.3 Å². The van der Waals surface area contributed by atoms with Crippen molar-refractivity contribution in [2.45, 2.75) is 0 Å². The summed E-state index contributed by atoms with van der Waals surface area (Å²) in [6.45, 7) is -0.668. The lowest BCUT2D eigenvalue weighted by molar-refractivity contribution is -0.119. The van der Waals surface area contributed by atoms with E-state index in [2.05, 4.69) is 0 Å². The quantitative estimate of drug-likeness (QED) is 0.612. The molecule has 124 valence electrons. The lowest BCUT2D eigenvalue weighted by Gasteiger charge is -2.07. The normalized spacial score (nSPS) is 10.0. The summed E-state index contributed by atoms with van der Waals surface area (Å²) >= 11 is 5.91. The molecule has 0 atom stereocenters. The zero-order valence-corrected chi connectivity index (χ0v) is 13.3. The number of hydrogen-bond acceptors (Lipinski definition) is 5. The third kappa shape index (κ3) is 4.82. The Morgan fingerprint density at radius 2 is 1.62 bits per heavy atom. The SMILES string of the molecule is NC(=O)COc1ccc(C(=O)OCC(=O)c2ccccc2Cl)cc1. The highest BCUT2D eigenvalue weighted by molar-refractivity contribution is 6.34. The molecule has 0 unspecified atom stereocenters. The van der Waals surface area contributed by atoms with Gasteiger partial charge in [0.1, 0.15) is 5.75 Å². The lowest BCUT2D eigenvalue weighted by atomic mass is 10.1. The molecule has 0 bridgehead atoms. The number of primary amides is 1. The van der Waals surface area contributed by atoms with Gasteiger partial charge in [0, 0.05) is 5.56 Å². The van der Waals surface area contributed by atoms with Crippen molar-refractivity contribution >= 4 is 29.3 Å². The Kier molecular flexibility index (Phi) is 5.92. The van der Waals surface area contributed by atoms with Gasteiger partial charge < -0.3 is 15.2 Å². The largest absolute Gasteiger partial charge is 0.484 e. The van der Waals surface area contributed by atoms with Crippen LogP contribution in [0.1, 0.15) is 20.7 Å². The number of ether oxygens (including phenoxy) is 2. The van der Waals surface area contributed by atoms with Gasteiger partial charge in [-0.3, -0.25) is 9.59 Å². The van der Waals surface area contributed by atoms with E-state index in [-0.39, 0.29) is 12.2 Å². The number of nitrogens with two attached hydrogens (primary N) is 1. The molecule has 24 heavy (non-hydrogen) atoms. The summed E-state index contributed by atoms with van der Waals surface area (Å²) in [4.78, 5) is 34.5. The molecule has 1 amide bonds. The van der Waals surface area contributed by atoms with Crippen LogP contribution in [0.3, 0.4) is 0 Å². The maximum absolute atomic E-state index is 12.0. The van der Waals surface area contributed by atoms with E-state index >= 15 is 0 Å². The first-order chi connectivity index (χ1) is 11.5. The van der Waals surface area contributed by atoms with E-state index in [9.17, 15) is 14.4 Å². The van der Waals surface area contributed by atoms with Crippen molar-refractivity contribution in [3.8, 4) is 5.75 Å². The van der Waals surface area contributed by atoms with E-state index in [0.29, 0.717) is 16.3 Å². The number of carbonyl (C=O) groups is 3. The summed E-state index contributed by atoms with van der Waals surface area (Å²) in [7, 11) is 0. The van der Waals surface area contributed by atoms with Gasteiger partial charge in [-0.05, 0) is 36.4 Å². The summed E-state index contributed by atoms with van der Waals surface area (Å²) in [5, 5.41) is 0.300. The molecule has 0 fully saturated rings. The summed E-state index contributed by atoms with van der Waals surface area (Å²) < 4.78 is 10.1. The number of benzene rings is 2. The molecule has 2 aromatic rings. The topological polar surface area (TPSA) is 95.7 Å². The third-order valence-corrected chi connectivity index (χ3v) is 3.31. The van der Waals surface area contributed by atoms with Crippen LogP contribution in [0, 0.1) is 0 Å². The highest BCUT2D eigenvalue weighted by atomic mass is 35.5. The molecule has 2 N–H and O–H groups in total. The first-order valence-electron chi connectivity index (χ1n) is 6.93. The minimum absolute atomic E-state index is 0.244. The van der Waals surface area contributed by atoms with Gasteiger partial charge in [-0.1, -0.05) is 23.7 Å². The van der Waals surface area contributed by atoms with E-state index < -0.39 is 24.3 Å². The Labute approximate surface area is 143 Å². The average molecular weight is 348 g/mol. The van der Waals surface area contributed by atoms with Gasteiger partial charge in [-0.15, -0.1) is 0 Å². The van der Waals surface area contributed by atoms with Crippen molar-refractivity contribution in [1.82, 2.24) is 0 Å². The van der Waals surface area contributed by atoms with Gasteiger partial charge in [0.15, 0.2) is 13.2 Å². The number of Topliss-reactive ketones (excluding diaryl/α,β-unsaturated/α-hetero) is 1. The second-order valence-electron chi connectivity index (χ2n) is 4.76. The highest BCUT2D eigenvalue weighted by Gasteiger charge is 2.14. The molecule has 0 spiro atoms. The van der Waals surface area contributed by atoms with Crippen molar-refractivity contribution in [2.24, 2.45) is 5.73 Å². The van der Waals surface area contributed by atoms with Crippen LogP contribution in [-0.4, -0.2) is 30.9 Å². The minimum atomic E-state index is -0.656. The second-order valence-corrected chi connectivity index (χ2v) is 5.17. The number of carbonyl (C=O) groups excluding carboxylic acids is 3. The molecule has 0 saturated heterocycles. The second kappa shape index (κ2) is 8.12. The van der Waals surface area contributed by atoms with Crippen LogP contribution in [0.2, 0.25) is 5.02 Å². The number of ketones is 1. The van der Waals surface area contributed by atoms with Gasteiger partial charge in [0.05, 0.1) is 10.6 Å². The zero-order chi connectivity index (χ0) is 17.5. The summed E-state index contributed by atoms with van der Waals surface area (Å²) in [5.74, 6) is -1.26. The number of esters is 1. The maximum atomic E-state index is 12.0. The standard InChI is InChI=1S/C17H14ClNO5/c18-14-4-2-1-3-13(14)15(20)9-24-17(22)11-5-7-12(8-6-11)23-10-16(19)21/h1-8H,9-10H2,(H2,19,21). The van der Waals surface area contributed by atoms with Gasteiger partial charge in [0.2, 0.25) is 5.78 Å². The molecule has 0 saturated carbocycles. The Hall–Kier alpha value is -2.86. The van der Waals surface area contributed by atoms with E-state index in [1.54, 1.807) is 24.3 Å². The Balaban J connectivity index is 1.91. The monoisotopic (exact) mass is 347 g/mol. The van der Waals surface area contributed by atoms with Crippen LogP contribution in [0.4, 0.5) is 0 Å². The minimum Gasteiger partial charge on any atom is -0.484 e. The molecule has 6 nitrogen and oxygen atoms in total. The lowest BCUT2D eigenvalue weighted by Crippen LogP contribution is -2.20. The summed E-state index contributed by atoms with van der Waals surface area (Å²) in [6, 6.07) is 12.4. The van der Waals surface area contributed by atoms with Gasteiger partial charge in [-0.2, -0.15) is 0 Å². The molecule has 2 rings (SSSR count). The molecule has 0 aromatic heterocycles.